The third kappa shape index (κ3) is 1.84. The molecule has 0 spiro atoms. The number of aromatic nitrogens is 2. The molecule has 22 heavy (non-hydrogen) atoms. The first-order valence-electron chi connectivity index (χ1n) is 6.79. The first-order valence-corrected chi connectivity index (χ1v) is 7.17. The van der Waals surface area contributed by atoms with Crippen LogP contribution in [0, 0.1) is 0 Å². The minimum Gasteiger partial charge on any atom is -0.435 e. The average Bonchev–Trinajstić information content (AvgIpc) is 2.99. The smallest absolute Gasteiger partial charge is 0.280 e. The molecule has 0 radical (unpaired) electrons. The zero-order valence-corrected chi connectivity index (χ0v) is 12.5. The molecule has 4 rings (SSSR count). The van der Waals surface area contributed by atoms with Gasteiger partial charge in [0.25, 0.3) is 5.56 Å². The van der Waals surface area contributed by atoms with Gasteiger partial charge in [-0.1, -0.05) is 23.7 Å². The summed E-state index contributed by atoms with van der Waals surface area (Å²) < 4.78 is 7.46. The summed E-state index contributed by atoms with van der Waals surface area (Å²) >= 11 is 5.90. The van der Waals surface area contributed by atoms with Gasteiger partial charge in [0.15, 0.2) is 11.1 Å². The van der Waals surface area contributed by atoms with Crippen LogP contribution in [-0.4, -0.2) is 9.55 Å². The number of fused-ring (bicyclic) bond motifs is 3. The minimum absolute atomic E-state index is 0.169. The molecule has 2 aromatic carbocycles. The number of nitrogens with zero attached hydrogens (tertiary/aromatic N) is 2. The lowest BCUT2D eigenvalue weighted by Crippen LogP contribution is -2.17. The summed E-state index contributed by atoms with van der Waals surface area (Å²) in [4.78, 5) is 16.8. The van der Waals surface area contributed by atoms with E-state index in [-0.39, 0.29) is 5.56 Å². The van der Waals surface area contributed by atoms with E-state index in [0.717, 1.165) is 16.5 Å². The fourth-order valence-electron chi connectivity index (χ4n) is 2.59. The van der Waals surface area contributed by atoms with Crippen LogP contribution in [0.5, 0.6) is 0 Å². The first kappa shape index (κ1) is 13.1. The van der Waals surface area contributed by atoms with Gasteiger partial charge in [0.2, 0.25) is 5.89 Å². The maximum atomic E-state index is 12.5. The number of benzene rings is 2. The van der Waals surface area contributed by atoms with Crippen LogP contribution in [0.3, 0.4) is 0 Å². The topological polar surface area (TPSA) is 48.0 Å². The molecule has 0 amide bonds. The highest BCUT2D eigenvalue weighted by atomic mass is 35.5. The Morgan fingerprint density at radius 2 is 1.82 bits per heavy atom. The quantitative estimate of drug-likeness (QED) is 0.534. The molecular formula is C17H11ClN2O2. The van der Waals surface area contributed by atoms with Gasteiger partial charge in [0.05, 0.1) is 5.52 Å². The van der Waals surface area contributed by atoms with Crippen LogP contribution in [0.2, 0.25) is 5.02 Å². The van der Waals surface area contributed by atoms with Crippen LogP contribution in [0.1, 0.15) is 0 Å². The molecule has 4 nitrogen and oxygen atoms in total. The fraction of sp³-hybridized carbons (Fsp3) is 0.0588. The van der Waals surface area contributed by atoms with E-state index in [1.54, 1.807) is 23.7 Å². The van der Waals surface area contributed by atoms with Gasteiger partial charge < -0.3 is 8.98 Å². The van der Waals surface area contributed by atoms with E-state index in [4.69, 9.17) is 16.0 Å². The summed E-state index contributed by atoms with van der Waals surface area (Å²) in [7, 11) is 1.74. The Morgan fingerprint density at radius 3 is 2.59 bits per heavy atom. The predicted molar refractivity (Wildman–Crippen MR) is 87.2 cm³/mol. The molecule has 0 saturated carbocycles. The molecule has 2 heterocycles. The Bertz CT molecular complexity index is 1060. The van der Waals surface area contributed by atoms with Gasteiger partial charge in [-0.3, -0.25) is 4.79 Å². The van der Waals surface area contributed by atoms with Crippen molar-refractivity contribution in [3.63, 3.8) is 0 Å². The van der Waals surface area contributed by atoms with Crippen LogP contribution >= 0.6 is 11.6 Å². The van der Waals surface area contributed by atoms with Gasteiger partial charge in [0.1, 0.15) is 0 Å². The monoisotopic (exact) mass is 310 g/mol. The molecule has 0 N–H and O–H groups in total. The highest BCUT2D eigenvalue weighted by molar-refractivity contribution is 6.30. The van der Waals surface area contributed by atoms with Crippen molar-refractivity contribution >= 4 is 33.6 Å². The van der Waals surface area contributed by atoms with E-state index >= 15 is 0 Å². The van der Waals surface area contributed by atoms with E-state index < -0.39 is 0 Å². The molecule has 0 aliphatic carbocycles. The summed E-state index contributed by atoms with van der Waals surface area (Å²) in [6.45, 7) is 0. The Hall–Kier alpha value is -2.59. The zero-order chi connectivity index (χ0) is 15.3. The van der Waals surface area contributed by atoms with Crippen molar-refractivity contribution in [1.29, 1.82) is 0 Å². The Labute approximate surface area is 130 Å². The van der Waals surface area contributed by atoms with Gasteiger partial charge in [0, 0.05) is 23.0 Å². The Balaban J connectivity index is 2.09. The lowest BCUT2D eigenvalue weighted by molar-refractivity contribution is 0.622. The number of rotatable bonds is 1. The van der Waals surface area contributed by atoms with Gasteiger partial charge >= 0.3 is 0 Å². The average molecular weight is 311 g/mol. The van der Waals surface area contributed by atoms with Crippen LogP contribution in [0.25, 0.3) is 33.5 Å². The number of halogens is 1. The number of hydrogen-bond donors (Lipinski definition) is 0. The molecule has 108 valence electrons. The number of aryl methyl sites for hydroxylation is 1. The van der Waals surface area contributed by atoms with Gasteiger partial charge in [-0.2, -0.15) is 0 Å². The molecule has 0 aliphatic heterocycles. The number of hydrogen-bond acceptors (Lipinski definition) is 3. The number of para-hydroxylation sites is 1. The van der Waals surface area contributed by atoms with E-state index in [1.165, 1.54) is 0 Å². The molecule has 0 fully saturated rings. The fourth-order valence-corrected chi connectivity index (χ4v) is 2.72. The molecule has 5 heteroatoms. The van der Waals surface area contributed by atoms with Crippen molar-refractivity contribution in [2.75, 3.05) is 0 Å². The summed E-state index contributed by atoms with van der Waals surface area (Å²) in [5.41, 5.74) is 2.29. The summed E-state index contributed by atoms with van der Waals surface area (Å²) in [5.74, 6) is 0.417. The number of oxazole rings is 1. The lowest BCUT2D eigenvalue weighted by atomic mass is 10.2. The van der Waals surface area contributed by atoms with Crippen molar-refractivity contribution < 1.29 is 4.42 Å². The van der Waals surface area contributed by atoms with Gasteiger partial charge in [-0.15, -0.1) is 0 Å². The van der Waals surface area contributed by atoms with Gasteiger partial charge in [-0.05, 0) is 36.4 Å². The van der Waals surface area contributed by atoms with Crippen LogP contribution < -0.4 is 5.56 Å². The normalized spacial score (nSPS) is 11.4. The highest BCUT2D eigenvalue weighted by Crippen LogP contribution is 2.28. The molecule has 0 unspecified atom stereocenters. The molecular weight excluding hydrogens is 300 g/mol. The van der Waals surface area contributed by atoms with Crippen molar-refractivity contribution in [2.45, 2.75) is 0 Å². The molecule has 2 aromatic heterocycles. The standard InChI is InChI=1S/C17H11ClN2O2/c1-20-13-5-3-2-4-12(13)15-14(17(20)21)19-16(22-15)10-6-8-11(18)9-7-10/h2-9H,1H3. The van der Waals surface area contributed by atoms with Crippen LogP contribution in [0.4, 0.5) is 0 Å². The van der Waals surface area contributed by atoms with Crippen LogP contribution in [0.15, 0.2) is 57.7 Å². The van der Waals surface area contributed by atoms with Crippen LogP contribution in [-0.2, 0) is 7.05 Å². The van der Waals surface area contributed by atoms with Crippen molar-refractivity contribution in [3.8, 4) is 11.5 Å². The number of pyridine rings is 1. The third-order valence-electron chi connectivity index (χ3n) is 3.74. The third-order valence-corrected chi connectivity index (χ3v) is 3.99. The van der Waals surface area contributed by atoms with Gasteiger partial charge in [-0.25, -0.2) is 4.98 Å². The van der Waals surface area contributed by atoms with Crippen molar-refractivity contribution in [1.82, 2.24) is 9.55 Å². The molecule has 4 aromatic rings. The maximum Gasteiger partial charge on any atom is 0.280 e. The second-order valence-electron chi connectivity index (χ2n) is 5.08. The highest BCUT2D eigenvalue weighted by Gasteiger charge is 2.16. The lowest BCUT2D eigenvalue weighted by Gasteiger charge is -2.03. The molecule has 0 saturated heterocycles. The molecule has 0 atom stereocenters. The Kier molecular flexibility index (Phi) is 2.81. The predicted octanol–water partition coefficient (Wildman–Crippen LogP) is 4.00. The summed E-state index contributed by atoms with van der Waals surface area (Å²) in [6.07, 6.45) is 0. The first-order chi connectivity index (χ1) is 10.6. The van der Waals surface area contributed by atoms with E-state index in [0.29, 0.717) is 22.0 Å². The van der Waals surface area contributed by atoms with E-state index in [2.05, 4.69) is 4.98 Å². The second kappa shape index (κ2) is 4.71. The SMILES string of the molecule is Cn1c(=O)c2nc(-c3ccc(Cl)cc3)oc2c2ccccc21. The largest absolute Gasteiger partial charge is 0.435 e. The Morgan fingerprint density at radius 1 is 1.09 bits per heavy atom. The minimum atomic E-state index is -0.169. The second-order valence-corrected chi connectivity index (χ2v) is 5.52. The summed E-state index contributed by atoms with van der Waals surface area (Å²) in [5, 5.41) is 1.51. The van der Waals surface area contributed by atoms with Crippen molar-refractivity contribution in [3.05, 3.63) is 63.9 Å². The van der Waals surface area contributed by atoms with E-state index in [1.807, 2.05) is 36.4 Å². The zero-order valence-electron chi connectivity index (χ0n) is 11.7. The van der Waals surface area contributed by atoms with E-state index in [9.17, 15) is 4.79 Å². The maximum absolute atomic E-state index is 12.5. The molecule has 0 aliphatic rings. The molecule has 0 bridgehead atoms. The van der Waals surface area contributed by atoms with Crippen molar-refractivity contribution in [2.24, 2.45) is 7.05 Å². The summed E-state index contributed by atoms with van der Waals surface area (Å²) in [6, 6.07) is 14.8.